The Hall–Kier alpha value is -2.94. The fourth-order valence-electron chi connectivity index (χ4n) is 3.05. The Kier molecular flexibility index (Phi) is 9.27. The molecule has 4 amide bonds. The molecule has 0 radical (unpaired) electrons. The summed E-state index contributed by atoms with van der Waals surface area (Å²) in [5, 5.41) is 5.96. The van der Waals surface area contributed by atoms with Gasteiger partial charge in [-0.25, -0.2) is 4.79 Å². The first-order valence-corrected chi connectivity index (χ1v) is 10.4. The number of nitrogens with zero attached hydrogens (tertiary/aromatic N) is 2. The maximum atomic E-state index is 12.2. The molecule has 30 heavy (non-hydrogen) atoms. The van der Waals surface area contributed by atoms with E-state index in [0.29, 0.717) is 36.6 Å². The molecule has 164 valence electrons. The average Bonchev–Trinajstić information content (AvgIpc) is 3.06. The highest BCUT2D eigenvalue weighted by atomic mass is 16.7. The minimum Gasteiger partial charge on any atom is -0.351 e. The highest BCUT2D eigenvalue weighted by molar-refractivity contribution is 6.01. The van der Waals surface area contributed by atoms with Crippen LogP contribution >= 0.6 is 0 Å². The number of rotatable bonds is 11. The molecule has 1 heterocycles. The van der Waals surface area contributed by atoms with Crippen LogP contribution < -0.4 is 10.6 Å². The first kappa shape index (κ1) is 23.3. The van der Waals surface area contributed by atoms with Crippen molar-refractivity contribution >= 4 is 23.8 Å². The Morgan fingerprint density at radius 2 is 1.63 bits per heavy atom. The second-order valence-electron chi connectivity index (χ2n) is 6.97. The first-order chi connectivity index (χ1) is 14.4. The zero-order valence-corrected chi connectivity index (χ0v) is 17.6. The number of hydroxylamine groups is 2. The first-order valence-electron chi connectivity index (χ1n) is 10.4. The molecule has 1 fully saturated rings. The molecule has 0 aromatic heterocycles. The maximum absolute atomic E-state index is 12.2. The Morgan fingerprint density at radius 3 is 2.23 bits per heavy atom. The van der Waals surface area contributed by atoms with Crippen molar-refractivity contribution in [3.05, 3.63) is 35.4 Å². The summed E-state index contributed by atoms with van der Waals surface area (Å²) in [5.74, 6) is -1.11. The highest BCUT2D eigenvalue weighted by Gasteiger charge is 2.32. The molecular weight excluding hydrogens is 388 g/mol. The van der Waals surface area contributed by atoms with Gasteiger partial charge in [0.1, 0.15) is 0 Å². The lowest BCUT2D eigenvalue weighted by molar-refractivity contribution is -0.171. The van der Waals surface area contributed by atoms with Gasteiger partial charge in [0.15, 0.2) is 0 Å². The lowest BCUT2D eigenvalue weighted by Gasteiger charge is -2.17. The monoisotopic (exact) mass is 418 g/mol. The number of aryl methyl sites for hydroxylation is 1. The van der Waals surface area contributed by atoms with E-state index in [1.807, 2.05) is 12.1 Å². The van der Waals surface area contributed by atoms with Crippen molar-refractivity contribution in [1.29, 1.82) is 0 Å². The van der Waals surface area contributed by atoms with Crippen molar-refractivity contribution in [2.24, 2.45) is 0 Å². The summed E-state index contributed by atoms with van der Waals surface area (Å²) < 4.78 is 0. The van der Waals surface area contributed by atoms with Gasteiger partial charge in [0.05, 0.1) is 0 Å². The molecule has 1 aliphatic rings. The minimum atomic E-state index is -0.824. The summed E-state index contributed by atoms with van der Waals surface area (Å²) in [6, 6.07) is 7.35. The quantitative estimate of drug-likeness (QED) is 0.416. The number of imide groups is 1. The number of nitrogens with one attached hydrogen (secondary N) is 2. The van der Waals surface area contributed by atoms with Crippen molar-refractivity contribution in [1.82, 2.24) is 20.6 Å². The van der Waals surface area contributed by atoms with Crippen LogP contribution in [0.15, 0.2) is 24.3 Å². The number of benzene rings is 1. The van der Waals surface area contributed by atoms with Gasteiger partial charge in [-0.15, -0.1) is 5.06 Å². The standard InChI is InChI=1S/C21H30N4O5/c1-3-24(4-2)15-14-22-20(28)17-9-7-16(8-10-17)6-5-13-23-21(29)30-25-18(26)11-12-19(25)27/h7-10H,3-6,11-15H2,1-2H3,(H,22,28)(H,23,29). The largest absolute Gasteiger partial charge is 0.432 e. The van der Waals surface area contributed by atoms with Gasteiger partial charge in [-0.1, -0.05) is 26.0 Å². The Balaban J connectivity index is 1.65. The molecule has 1 aromatic carbocycles. The molecule has 1 aromatic rings. The van der Waals surface area contributed by atoms with Crippen LogP contribution in [-0.2, 0) is 20.8 Å². The van der Waals surface area contributed by atoms with Gasteiger partial charge in [0, 0.05) is 38.0 Å². The molecule has 0 atom stereocenters. The minimum absolute atomic E-state index is 0.0655. The van der Waals surface area contributed by atoms with Crippen LogP contribution in [0, 0.1) is 0 Å². The van der Waals surface area contributed by atoms with E-state index in [9.17, 15) is 19.2 Å². The SMILES string of the molecule is CCN(CC)CCNC(=O)c1ccc(CCCNC(=O)ON2C(=O)CCC2=O)cc1. The summed E-state index contributed by atoms with van der Waals surface area (Å²) in [4.78, 5) is 53.6. The third-order valence-corrected chi connectivity index (χ3v) is 4.92. The van der Waals surface area contributed by atoms with E-state index in [2.05, 4.69) is 29.4 Å². The lowest BCUT2D eigenvalue weighted by Crippen LogP contribution is -2.37. The summed E-state index contributed by atoms with van der Waals surface area (Å²) >= 11 is 0. The fraction of sp³-hybridized carbons (Fsp3) is 0.524. The van der Waals surface area contributed by atoms with Gasteiger partial charge in [0.25, 0.3) is 17.7 Å². The van der Waals surface area contributed by atoms with Crippen LogP contribution in [0.4, 0.5) is 4.79 Å². The second kappa shape index (κ2) is 11.9. The fourth-order valence-corrected chi connectivity index (χ4v) is 3.05. The third-order valence-electron chi connectivity index (χ3n) is 4.92. The molecular formula is C21H30N4O5. The molecule has 0 aliphatic carbocycles. The van der Waals surface area contributed by atoms with Crippen LogP contribution in [0.5, 0.6) is 0 Å². The Labute approximate surface area is 176 Å². The normalized spacial score (nSPS) is 13.6. The molecule has 0 unspecified atom stereocenters. The zero-order chi connectivity index (χ0) is 21.9. The molecule has 1 aliphatic heterocycles. The summed E-state index contributed by atoms with van der Waals surface area (Å²) in [6.07, 6.45) is 0.653. The molecule has 0 bridgehead atoms. The topological polar surface area (TPSA) is 108 Å². The predicted octanol–water partition coefficient (Wildman–Crippen LogP) is 1.48. The second-order valence-corrected chi connectivity index (χ2v) is 6.97. The third kappa shape index (κ3) is 7.14. The number of hydrogen-bond acceptors (Lipinski definition) is 6. The van der Waals surface area contributed by atoms with Crippen molar-refractivity contribution in [3.63, 3.8) is 0 Å². The van der Waals surface area contributed by atoms with Crippen molar-refractivity contribution in [3.8, 4) is 0 Å². The van der Waals surface area contributed by atoms with E-state index >= 15 is 0 Å². The number of carbonyl (C=O) groups is 4. The van der Waals surface area contributed by atoms with E-state index in [4.69, 9.17) is 4.84 Å². The van der Waals surface area contributed by atoms with Gasteiger partial charge in [-0.3, -0.25) is 14.4 Å². The van der Waals surface area contributed by atoms with Crippen molar-refractivity contribution in [2.45, 2.75) is 39.5 Å². The molecule has 9 heteroatoms. The molecule has 9 nitrogen and oxygen atoms in total. The van der Waals surface area contributed by atoms with Gasteiger partial charge < -0.3 is 20.4 Å². The van der Waals surface area contributed by atoms with Crippen LogP contribution in [-0.4, -0.2) is 66.5 Å². The van der Waals surface area contributed by atoms with Gasteiger partial charge in [-0.05, 0) is 43.6 Å². The summed E-state index contributed by atoms with van der Waals surface area (Å²) in [7, 11) is 0. The number of likely N-dealkylation sites (N-methyl/N-ethyl adjacent to an activating group) is 1. The van der Waals surface area contributed by atoms with Crippen LogP contribution in [0.3, 0.4) is 0 Å². The van der Waals surface area contributed by atoms with Crippen LogP contribution in [0.1, 0.15) is 49.0 Å². The van der Waals surface area contributed by atoms with Crippen molar-refractivity contribution < 1.29 is 24.0 Å². The highest BCUT2D eigenvalue weighted by Crippen LogP contribution is 2.12. The number of amides is 4. The van der Waals surface area contributed by atoms with E-state index in [-0.39, 0.29) is 18.7 Å². The van der Waals surface area contributed by atoms with E-state index in [1.165, 1.54) is 0 Å². The molecule has 1 saturated heterocycles. The van der Waals surface area contributed by atoms with Gasteiger partial charge in [-0.2, -0.15) is 0 Å². The van der Waals surface area contributed by atoms with Gasteiger partial charge in [0.2, 0.25) is 0 Å². The molecule has 0 saturated carbocycles. The van der Waals surface area contributed by atoms with Gasteiger partial charge >= 0.3 is 6.09 Å². The smallest absolute Gasteiger partial charge is 0.351 e. The lowest BCUT2D eigenvalue weighted by atomic mass is 10.1. The summed E-state index contributed by atoms with van der Waals surface area (Å²) in [6.45, 7) is 7.88. The van der Waals surface area contributed by atoms with Crippen molar-refractivity contribution in [2.75, 3.05) is 32.7 Å². The van der Waals surface area contributed by atoms with E-state index in [1.54, 1.807) is 12.1 Å². The predicted molar refractivity (Wildman–Crippen MR) is 110 cm³/mol. The molecule has 2 N–H and O–H groups in total. The summed E-state index contributed by atoms with van der Waals surface area (Å²) in [5.41, 5.74) is 1.65. The average molecular weight is 418 g/mol. The number of carbonyl (C=O) groups excluding carboxylic acids is 4. The van der Waals surface area contributed by atoms with Crippen LogP contribution in [0.2, 0.25) is 0 Å². The van der Waals surface area contributed by atoms with E-state index in [0.717, 1.165) is 25.2 Å². The zero-order valence-electron chi connectivity index (χ0n) is 17.6. The maximum Gasteiger partial charge on any atom is 0.432 e. The Bertz CT molecular complexity index is 730. The van der Waals surface area contributed by atoms with Crippen LogP contribution in [0.25, 0.3) is 0 Å². The molecule has 2 rings (SSSR count). The Morgan fingerprint density at radius 1 is 1.00 bits per heavy atom. The number of hydrogen-bond donors (Lipinski definition) is 2. The molecule has 0 spiro atoms. The van der Waals surface area contributed by atoms with E-state index < -0.39 is 17.9 Å².